The van der Waals surface area contributed by atoms with E-state index in [2.05, 4.69) is 34.6 Å². The van der Waals surface area contributed by atoms with Crippen LogP contribution in [0.4, 0.5) is 0 Å². The lowest BCUT2D eigenvalue weighted by molar-refractivity contribution is -0.135. The van der Waals surface area contributed by atoms with Gasteiger partial charge in [0, 0.05) is 0 Å². The van der Waals surface area contributed by atoms with Crippen molar-refractivity contribution >= 4 is 0 Å². The van der Waals surface area contributed by atoms with E-state index >= 15 is 0 Å². The van der Waals surface area contributed by atoms with Crippen LogP contribution in [0.2, 0.25) is 0 Å². The number of aliphatic hydroxyl groups is 1. The maximum absolute atomic E-state index is 8.95. The molecule has 0 amide bonds. The van der Waals surface area contributed by atoms with Crippen molar-refractivity contribution in [2.45, 2.75) is 118 Å². The zero-order valence-electron chi connectivity index (χ0n) is 22.5. The molecule has 2 heteroatoms. The van der Waals surface area contributed by atoms with Crippen molar-refractivity contribution in [1.82, 2.24) is 0 Å². The molecule has 2 nitrogen and oxygen atoms in total. The van der Waals surface area contributed by atoms with E-state index in [1.165, 1.54) is 77.0 Å². The van der Waals surface area contributed by atoms with E-state index in [0.29, 0.717) is 23.5 Å². The number of fused-ring (bicyclic) bond motifs is 5. The Labute approximate surface area is 205 Å². The van der Waals surface area contributed by atoms with Crippen LogP contribution in [0.1, 0.15) is 112 Å². The van der Waals surface area contributed by atoms with Gasteiger partial charge in [0.2, 0.25) is 0 Å². The van der Waals surface area contributed by atoms with E-state index in [9.17, 15) is 0 Å². The highest BCUT2D eigenvalue weighted by Crippen LogP contribution is 2.68. The number of hydrogen-bond donors (Lipinski definition) is 1. The van der Waals surface area contributed by atoms with Gasteiger partial charge in [-0.2, -0.15) is 0 Å². The number of rotatable bonds is 9. The smallest absolute Gasteiger partial charge is 0.0652 e. The molecule has 4 aliphatic carbocycles. The van der Waals surface area contributed by atoms with E-state index in [1.54, 1.807) is 6.08 Å². The summed E-state index contributed by atoms with van der Waals surface area (Å²) in [4.78, 5) is 0. The summed E-state index contributed by atoms with van der Waals surface area (Å²) < 4.78 is 6.19. The van der Waals surface area contributed by atoms with E-state index in [-0.39, 0.29) is 6.61 Å². The van der Waals surface area contributed by atoms with Crippen LogP contribution < -0.4 is 0 Å². The van der Waals surface area contributed by atoms with Crippen LogP contribution in [-0.2, 0) is 4.74 Å². The van der Waals surface area contributed by atoms with Crippen molar-refractivity contribution < 1.29 is 9.84 Å². The fraction of sp³-hybridized carbons (Fsp3) is 0.935. The van der Waals surface area contributed by atoms with Gasteiger partial charge in [-0.15, -0.1) is 0 Å². The summed E-state index contributed by atoms with van der Waals surface area (Å²) in [6.45, 7) is 13.5. The predicted molar refractivity (Wildman–Crippen MR) is 139 cm³/mol. The van der Waals surface area contributed by atoms with Gasteiger partial charge in [0.25, 0.3) is 0 Å². The Morgan fingerprint density at radius 3 is 2.39 bits per heavy atom. The van der Waals surface area contributed by atoms with Crippen LogP contribution in [0, 0.1) is 52.3 Å². The van der Waals surface area contributed by atoms with Crippen LogP contribution in [0.3, 0.4) is 0 Å². The molecule has 0 aromatic rings. The molecular weight excluding hydrogens is 404 g/mol. The molecule has 9 unspecified atom stereocenters. The Bertz CT molecular complexity index is 655. The summed E-state index contributed by atoms with van der Waals surface area (Å²) in [6, 6.07) is 0. The molecule has 33 heavy (non-hydrogen) atoms. The van der Waals surface area contributed by atoms with E-state index in [1.807, 2.05) is 6.08 Å². The Morgan fingerprint density at radius 2 is 1.64 bits per heavy atom. The topological polar surface area (TPSA) is 29.5 Å². The molecule has 190 valence electrons. The Kier molecular flexibility index (Phi) is 8.37. The Hall–Kier alpha value is -0.340. The van der Waals surface area contributed by atoms with Gasteiger partial charge in [-0.3, -0.25) is 0 Å². The fourth-order valence-corrected chi connectivity index (χ4v) is 9.73. The minimum atomic E-state index is 0.120. The lowest BCUT2D eigenvalue weighted by atomic mass is 9.44. The lowest BCUT2D eigenvalue weighted by Gasteiger charge is -2.61. The molecule has 9 atom stereocenters. The second-order valence-electron chi connectivity index (χ2n) is 13.6. The van der Waals surface area contributed by atoms with Crippen molar-refractivity contribution in [2.75, 3.05) is 13.2 Å². The highest BCUT2D eigenvalue weighted by Gasteiger charge is 2.60. The third-order valence-corrected chi connectivity index (χ3v) is 11.5. The summed E-state index contributed by atoms with van der Waals surface area (Å²) in [7, 11) is 0. The first-order valence-electron chi connectivity index (χ1n) is 14.7. The molecule has 4 saturated carbocycles. The molecule has 4 rings (SSSR count). The lowest BCUT2D eigenvalue weighted by Crippen LogP contribution is -2.54. The number of hydrogen-bond acceptors (Lipinski definition) is 2. The molecule has 4 aliphatic rings. The molecule has 4 fully saturated rings. The van der Waals surface area contributed by atoms with Crippen molar-refractivity contribution in [1.29, 1.82) is 0 Å². The van der Waals surface area contributed by atoms with Gasteiger partial charge in [-0.25, -0.2) is 0 Å². The second-order valence-corrected chi connectivity index (χ2v) is 13.6. The molecule has 0 bridgehead atoms. The van der Waals surface area contributed by atoms with Crippen LogP contribution in [0.25, 0.3) is 0 Å². The van der Waals surface area contributed by atoms with Gasteiger partial charge in [-0.1, -0.05) is 66.0 Å². The minimum Gasteiger partial charge on any atom is -0.392 e. The zero-order valence-corrected chi connectivity index (χ0v) is 22.5. The highest BCUT2D eigenvalue weighted by atomic mass is 16.5. The summed E-state index contributed by atoms with van der Waals surface area (Å²) in [5, 5.41) is 8.95. The summed E-state index contributed by atoms with van der Waals surface area (Å²) in [6.07, 6.45) is 21.3. The average molecular weight is 459 g/mol. The van der Waals surface area contributed by atoms with Crippen molar-refractivity contribution in [3.63, 3.8) is 0 Å². The van der Waals surface area contributed by atoms with Crippen molar-refractivity contribution in [2.24, 2.45) is 52.3 Å². The molecule has 0 spiro atoms. The third kappa shape index (κ3) is 5.13. The summed E-state index contributed by atoms with van der Waals surface area (Å²) >= 11 is 0. The second kappa shape index (κ2) is 10.7. The number of ether oxygens (including phenoxy) is 1. The predicted octanol–water partition coefficient (Wildman–Crippen LogP) is 8.04. The first-order valence-corrected chi connectivity index (χ1v) is 14.7. The van der Waals surface area contributed by atoms with E-state index in [4.69, 9.17) is 9.84 Å². The molecule has 0 saturated heterocycles. The van der Waals surface area contributed by atoms with Gasteiger partial charge in [0.1, 0.15) is 0 Å². The quantitative estimate of drug-likeness (QED) is 0.354. The van der Waals surface area contributed by atoms with Gasteiger partial charge >= 0.3 is 0 Å². The Balaban J connectivity index is 1.38. The highest BCUT2D eigenvalue weighted by molar-refractivity contribution is 5.09. The monoisotopic (exact) mass is 458 g/mol. The van der Waals surface area contributed by atoms with Gasteiger partial charge in [0.05, 0.1) is 19.3 Å². The van der Waals surface area contributed by atoms with Crippen LogP contribution >= 0.6 is 0 Å². The molecule has 0 radical (unpaired) electrons. The first-order chi connectivity index (χ1) is 15.8. The largest absolute Gasteiger partial charge is 0.392 e. The fourth-order valence-electron chi connectivity index (χ4n) is 9.73. The maximum Gasteiger partial charge on any atom is 0.0652 e. The molecule has 0 aliphatic heterocycles. The molecule has 1 N–H and O–H groups in total. The van der Waals surface area contributed by atoms with E-state index in [0.717, 1.165) is 41.4 Å². The van der Waals surface area contributed by atoms with Crippen molar-refractivity contribution in [3.05, 3.63) is 12.2 Å². The zero-order chi connectivity index (χ0) is 23.6. The molecule has 0 heterocycles. The van der Waals surface area contributed by atoms with Gasteiger partial charge < -0.3 is 9.84 Å². The standard InChI is InChI=1S/C31H54O2/c1-22(2)9-8-10-23(3)27-13-14-28-26-12-11-24-21-25(33-20-7-6-19-32)15-17-30(24,4)29(26)16-18-31(27,28)5/h6-7,22-29,32H,8-21H2,1-5H3. The van der Waals surface area contributed by atoms with Gasteiger partial charge in [0.15, 0.2) is 0 Å². The average Bonchev–Trinajstić information content (AvgIpc) is 3.14. The van der Waals surface area contributed by atoms with Crippen LogP contribution in [0.5, 0.6) is 0 Å². The number of aliphatic hydroxyl groups excluding tert-OH is 1. The normalized spacial score (nSPS) is 44.0. The SMILES string of the molecule is CC(C)CCCC(C)C1CCC2C3CCC4CC(OCC=CCO)CCC4(C)C3CCC12C. The molecule has 0 aromatic heterocycles. The molecule has 0 aromatic carbocycles. The van der Waals surface area contributed by atoms with Crippen molar-refractivity contribution in [3.8, 4) is 0 Å². The molecular formula is C31H54O2. The maximum atomic E-state index is 8.95. The van der Waals surface area contributed by atoms with Gasteiger partial charge in [-0.05, 0) is 110 Å². The first kappa shape index (κ1) is 25.7. The summed E-state index contributed by atoms with van der Waals surface area (Å²) in [5.74, 6) is 6.53. The van der Waals surface area contributed by atoms with E-state index < -0.39 is 0 Å². The van der Waals surface area contributed by atoms with Crippen LogP contribution in [0.15, 0.2) is 12.2 Å². The summed E-state index contributed by atoms with van der Waals surface area (Å²) in [5.41, 5.74) is 1.16. The third-order valence-electron chi connectivity index (χ3n) is 11.5. The van der Waals surface area contributed by atoms with Crippen LogP contribution in [-0.4, -0.2) is 24.4 Å². The Morgan fingerprint density at radius 1 is 0.879 bits per heavy atom. The minimum absolute atomic E-state index is 0.120.